The minimum atomic E-state index is -0.424. The molecule has 162 valence electrons. The van der Waals surface area contributed by atoms with Crippen molar-refractivity contribution in [2.24, 2.45) is 7.05 Å². The van der Waals surface area contributed by atoms with Crippen molar-refractivity contribution in [1.82, 2.24) is 14.9 Å². The predicted molar refractivity (Wildman–Crippen MR) is 122 cm³/mol. The third-order valence-corrected chi connectivity index (χ3v) is 6.30. The average Bonchev–Trinajstić information content (AvgIpc) is 2.76. The highest BCUT2D eigenvalue weighted by Gasteiger charge is 2.21. The summed E-state index contributed by atoms with van der Waals surface area (Å²) < 4.78 is 14.6. The van der Waals surface area contributed by atoms with Crippen LogP contribution in [0.25, 0.3) is 0 Å². The van der Waals surface area contributed by atoms with E-state index in [4.69, 9.17) is 0 Å². The van der Waals surface area contributed by atoms with Crippen molar-refractivity contribution in [2.45, 2.75) is 43.6 Å². The highest BCUT2D eigenvalue weighted by molar-refractivity contribution is 8.00. The Labute approximate surface area is 185 Å². The first kappa shape index (κ1) is 22.7. The maximum Gasteiger partial charge on any atom is 0.257 e. The molecule has 0 saturated carbocycles. The van der Waals surface area contributed by atoms with Gasteiger partial charge in [-0.15, -0.1) is 0 Å². The lowest BCUT2D eigenvalue weighted by molar-refractivity contribution is -0.120. The number of hydrogen-bond acceptors (Lipinski definition) is 4. The van der Waals surface area contributed by atoms with Crippen LogP contribution in [0.4, 0.5) is 4.39 Å². The molecule has 0 spiro atoms. The molecule has 0 aliphatic rings. The number of thioether (sulfide) groups is 1. The number of halogens is 1. The smallest absolute Gasteiger partial charge is 0.257 e. The quantitative estimate of drug-likeness (QED) is 0.443. The van der Waals surface area contributed by atoms with Gasteiger partial charge in [-0.3, -0.25) is 14.2 Å². The molecule has 3 rings (SSSR count). The largest absolute Gasteiger partial charge is 0.349 e. The summed E-state index contributed by atoms with van der Waals surface area (Å²) in [6.45, 7) is 5.52. The SMILES string of the molecule is Cc1nc(SC(C)C(=O)NC(C)c2ccccc2)n(C)c(=O)c1Cc1ccc(F)cc1. The van der Waals surface area contributed by atoms with Gasteiger partial charge >= 0.3 is 0 Å². The van der Waals surface area contributed by atoms with Crippen LogP contribution in [0.3, 0.4) is 0 Å². The van der Waals surface area contributed by atoms with Crippen LogP contribution in [0.2, 0.25) is 0 Å². The van der Waals surface area contributed by atoms with E-state index in [1.54, 1.807) is 33.0 Å². The van der Waals surface area contributed by atoms with Gasteiger partial charge in [0, 0.05) is 24.7 Å². The van der Waals surface area contributed by atoms with Gasteiger partial charge in [0.25, 0.3) is 5.56 Å². The van der Waals surface area contributed by atoms with Crippen molar-refractivity contribution in [2.75, 3.05) is 0 Å². The molecule has 0 fully saturated rings. The standard InChI is InChI=1S/C24H26FN3O2S/c1-15(19-8-6-5-7-9-19)26-22(29)17(3)31-24-27-16(2)21(23(30)28(24)4)14-18-10-12-20(25)13-11-18/h5-13,15,17H,14H2,1-4H3,(H,26,29). The van der Waals surface area contributed by atoms with Gasteiger partial charge in [-0.05, 0) is 44.0 Å². The van der Waals surface area contributed by atoms with Crippen LogP contribution < -0.4 is 10.9 Å². The lowest BCUT2D eigenvalue weighted by Crippen LogP contribution is -2.34. The van der Waals surface area contributed by atoms with Crippen LogP contribution in [0.5, 0.6) is 0 Å². The molecule has 0 saturated heterocycles. The minimum Gasteiger partial charge on any atom is -0.349 e. The summed E-state index contributed by atoms with van der Waals surface area (Å²) >= 11 is 1.25. The van der Waals surface area contributed by atoms with E-state index in [1.807, 2.05) is 37.3 Å². The molecule has 0 radical (unpaired) electrons. The zero-order chi connectivity index (χ0) is 22.5. The normalized spacial score (nSPS) is 12.9. The molecular formula is C24H26FN3O2S. The second-order valence-electron chi connectivity index (χ2n) is 7.53. The summed E-state index contributed by atoms with van der Waals surface area (Å²) in [6, 6.07) is 15.7. The molecule has 1 amide bonds. The fraction of sp³-hybridized carbons (Fsp3) is 0.292. The van der Waals surface area contributed by atoms with Gasteiger partial charge in [0.2, 0.25) is 5.91 Å². The van der Waals surface area contributed by atoms with Crippen molar-refractivity contribution >= 4 is 17.7 Å². The predicted octanol–water partition coefficient (Wildman–Crippen LogP) is 4.18. The molecule has 0 aliphatic carbocycles. The average molecular weight is 440 g/mol. The van der Waals surface area contributed by atoms with Crippen LogP contribution in [0.1, 0.15) is 42.3 Å². The van der Waals surface area contributed by atoms with E-state index < -0.39 is 5.25 Å². The van der Waals surface area contributed by atoms with Gasteiger partial charge in [-0.2, -0.15) is 0 Å². The number of rotatable bonds is 7. The van der Waals surface area contributed by atoms with Gasteiger partial charge in [0.05, 0.1) is 11.3 Å². The zero-order valence-corrected chi connectivity index (χ0v) is 18.9. The van der Waals surface area contributed by atoms with Gasteiger partial charge in [0.1, 0.15) is 5.82 Å². The molecule has 1 N–H and O–H groups in total. The Morgan fingerprint density at radius 2 is 1.77 bits per heavy atom. The van der Waals surface area contributed by atoms with E-state index >= 15 is 0 Å². The number of nitrogens with zero attached hydrogens (tertiary/aromatic N) is 2. The maximum absolute atomic E-state index is 13.1. The Morgan fingerprint density at radius 1 is 1.13 bits per heavy atom. The molecule has 2 unspecified atom stereocenters. The van der Waals surface area contributed by atoms with Crippen LogP contribution in [-0.2, 0) is 18.3 Å². The first-order chi connectivity index (χ1) is 14.8. The molecule has 7 heteroatoms. The van der Waals surface area contributed by atoms with E-state index in [1.165, 1.54) is 28.5 Å². The highest BCUT2D eigenvalue weighted by Crippen LogP contribution is 2.23. The summed E-state index contributed by atoms with van der Waals surface area (Å²) in [7, 11) is 1.66. The first-order valence-corrected chi connectivity index (χ1v) is 11.0. The van der Waals surface area contributed by atoms with E-state index in [-0.39, 0.29) is 23.3 Å². The van der Waals surface area contributed by atoms with Gasteiger partial charge in [0.15, 0.2) is 5.16 Å². The lowest BCUT2D eigenvalue weighted by Gasteiger charge is -2.19. The highest BCUT2D eigenvalue weighted by atomic mass is 32.2. The third kappa shape index (κ3) is 5.61. The van der Waals surface area contributed by atoms with E-state index in [2.05, 4.69) is 10.3 Å². The summed E-state index contributed by atoms with van der Waals surface area (Å²) in [5.41, 5.74) is 2.88. The molecule has 1 heterocycles. The van der Waals surface area contributed by atoms with E-state index in [0.717, 1.165) is 11.1 Å². The second-order valence-corrected chi connectivity index (χ2v) is 8.83. The molecule has 31 heavy (non-hydrogen) atoms. The number of carbonyl (C=O) groups is 1. The number of benzene rings is 2. The van der Waals surface area contributed by atoms with Crippen molar-refractivity contribution in [3.63, 3.8) is 0 Å². The lowest BCUT2D eigenvalue weighted by atomic mass is 10.1. The minimum absolute atomic E-state index is 0.117. The van der Waals surface area contributed by atoms with Crippen LogP contribution >= 0.6 is 11.8 Å². The summed E-state index contributed by atoms with van der Waals surface area (Å²) in [6.07, 6.45) is 0.376. The molecule has 2 atom stereocenters. The van der Waals surface area contributed by atoms with Crippen LogP contribution in [-0.4, -0.2) is 20.7 Å². The molecule has 0 aliphatic heterocycles. The van der Waals surface area contributed by atoms with Crippen molar-refractivity contribution < 1.29 is 9.18 Å². The van der Waals surface area contributed by atoms with Crippen LogP contribution in [0.15, 0.2) is 64.5 Å². The summed E-state index contributed by atoms with van der Waals surface area (Å²) in [4.78, 5) is 30.2. The maximum atomic E-state index is 13.1. The Bertz CT molecular complexity index is 1110. The third-order valence-electron chi connectivity index (χ3n) is 5.15. The van der Waals surface area contributed by atoms with Gasteiger partial charge in [-0.1, -0.05) is 54.2 Å². The fourth-order valence-corrected chi connectivity index (χ4v) is 4.13. The number of hydrogen-bond donors (Lipinski definition) is 1. The molecule has 1 aromatic heterocycles. The topological polar surface area (TPSA) is 64.0 Å². The fourth-order valence-electron chi connectivity index (χ4n) is 3.21. The van der Waals surface area contributed by atoms with E-state index in [0.29, 0.717) is 22.8 Å². The molecule has 2 aromatic carbocycles. The zero-order valence-electron chi connectivity index (χ0n) is 18.1. The van der Waals surface area contributed by atoms with Crippen molar-refractivity contribution in [3.05, 3.63) is 93.2 Å². The molecule has 0 bridgehead atoms. The van der Waals surface area contributed by atoms with E-state index in [9.17, 15) is 14.0 Å². The number of aromatic nitrogens is 2. The Hall–Kier alpha value is -2.93. The summed E-state index contributed by atoms with van der Waals surface area (Å²) in [5, 5.41) is 3.07. The molecule has 3 aromatic rings. The number of amides is 1. The van der Waals surface area contributed by atoms with Crippen LogP contribution in [0, 0.1) is 12.7 Å². The monoisotopic (exact) mass is 439 g/mol. The molecule has 5 nitrogen and oxygen atoms in total. The number of aryl methyl sites for hydroxylation is 1. The summed E-state index contributed by atoms with van der Waals surface area (Å²) in [5.74, 6) is -0.435. The Balaban J connectivity index is 1.73. The number of nitrogens with one attached hydrogen (secondary N) is 1. The second kappa shape index (κ2) is 9.92. The van der Waals surface area contributed by atoms with Crippen molar-refractivity contribution in [1.29, 1.82) is 0 Å². The van der Waals surface area contributed by atoms with Crippen molar-refractivity contribution in [3.8, 4) is 0 Å². The first-order valence-electron chi connectivity index (χ1n) is 10.1. The Kier molecular flexibility index (Phi) is 7.28. The number of carbonyl (C=O) groups excluding carboxylic acids is 1. The molecular weight excluding hydrogens is 413 g/mol. The van der Waals surface area contributed by atoms with Gasteiger partial charge < -0.3 is 5.32 Å². The Morgan fingerprint density at radius 3 is 2.42 bits per heavy atom. The van der Waals surface area contributed by atoms with Gasteiger partial charge in [-0.25, -0.2) is 9.37 Å².